The van der Waals surface area contributed by atoms with Gasteiger partial charge in [0.15, 0.2) is 0 Å². The third-order valence-corrected chi connectivity index (χ3v) is 4.99. The van der Waals surface area contributed by atoms with Gasteiger partial charge in [-0.25, -0.2) is 8.78 Å². The van der Waals surface area contributed by atoms with Crippen LogP contribution in [0.4, 0.5) is 8.78 Å². The highest BCUT2D eigenvalue weighted by Crippen LogP contribution is 2.36. The fourth-order valence-electron chi connectivity index (χ4n) is 2.79. The molecule has 0 saturated carbocycles. The van der Waals surface area contributed by atoms with Crippen molar-refractivity contribution in [1.29, 1.82) is 0 Å². The molecule has 3 aromatic rings. The highest BCUT2D eigenvalue weighted by atomic mass is 32.2. The van der Waals surface area contributed by atoms with Crippen LogP contribution in [-0.4, -0.2) is 15.5 Å². The van der Waals surface area contributed by atoms with Crippen LogP contribution < -0.4 is 5.56 Å². The molecule has 1 aromatic heterocycles. The predicted octanol–water partition coefficient (Wildman–Crippen LogP) is 3.83. The average Bonchev–Trinajstić information content (AvgIpc) is 2.73. The largest absolute Gasteiger partial charge is 0.271 e. The molecule has 6 heteroatoms. The number of aromatic nitrogens is 2. The van der Waals surface area contributed by atoms with Gasteiger partial charge >= 0.3 is 0 Å². The van der Waals surface area contributed by atoms with Crippen LogP contribution in [0.1, 0.15) is 5.56 Å². The Balaban J connectivity index is 2.00. The number of fused-ring (bicyclic) bond motifs is 3. The maximum atomic E-state index is 14.1. The summed E-state index contributed by atoms with van der Waals surface area (Å²) in [6.45, 7) is 0. The van der Waals surface area contributed by atoms with E-state index >= 15 is 0 Å². The average molecular weight is 342 g/mol. The van der Waals surface area contributed by atoms with Crippen LogP contribution in [0.15, 0.2) is 58.2 Å². The molecule has 0 saturated heterocycles. The van der Waals surface area contributed by atoms with Gasteiger partial charge in [-0.15, -0.1) is 11.8 Å². The molecule has 1 aliphatic heterocycles. The van der Waals surface area contributed by atoms with Gasteiger partial charge in [0.25, 0.3) is 5.56 Å². The molecular formula is C18H12F2N2OS. The third kappa shape index (κ3) is 2.53. The SMILES string of the molecule is O=c1cc2c(nn1-c1ccccc1F)-c1cc(F)ccc1SCC2. The summed E-state index contributed by atoms with van der Waals surface area (Å²) in [4.78, 5) is 13.3. The molecule has 0 unspecified atom stereocenters. The topological polar surface area (TPSA) is 34.9 Å². The number of rotatable bonds is 1. The van der Waals surface area contributed by atoms with E-state index in [2.05, 4.69) is 5.10 Å². The molecule has 2 heterocycles. The van der Waals surface area contributed by atoms with E-state index in [1.165, 1.54) is 30.3 Å². The van der Waals surface area contributed by atoms with Crippen molar-refractivity contribution in [3.63, 3.8) is 0 Å². The highest BCUT2D eigenvalue weighted by molar-refractivity contribution is 7.99. The van der Waals surface area contributed by atoms with Gasteiger partial charge < -0.3 is 0 Å². The quantitative estimate of drug-likeness (QED) is 0.674. The fraction of sp³-hybridized carbons (Fsp3) is 0.111. The molecule has 0 bridgehead atoms. The minimum absolute atomic E-state index is 0.0835. The van der Waals surface area contributed by atoms with Crippen molar-refractivity contribution in [2.45, 2.75) is 11.3 Å². The summed E-state index contributed by atoms with van der Waals surface area (Å²) in [6, 6.07) is 12.0. The number of hydrogen-bond acceptors (Lipinski definition) is 3. The smallest absolute Gasteiger partial charge is 0.267 e. The fourth-order valence-corrected chi connectivity index (χ4v) is 3.81. The molecule has 0 N–H and O–H groups in total. The first-order valence-electron chi connectivity index (χ1n) is 7.44. The van der Waals surface area contributed by atoms with Crippen LogP contribution in [0.3, 0.4) is 0 Å². The van der Waals surface area contributed by atoms with Crippen molar-refractivity contribution in [3.05, 3.63) is 76.1 Å². The predicted molar refractivity (Wildman–Crippen MR) is 89.6 cm³/mol. The summed E-state index contributed by atoms with van der Waals surface area (Å²) < 4.78 is 28.8. The lowest BCUT2D eigenvalue weighted by Crippen LogP contribution is -2.23. The Kier molecular flexibility index (Phi) is 3.69. The minimum atomic E-state index is -0.533. The van der Waals surface area contributed by atoms with Crippen molar-refractivity contribution >= 4 is 11.8 Å². The van der Waals surface area contributed by atoms with E-state index in [4.69, 9.17) is 0 Å². The summed E-state index contributed by atoms with van der Waals surface area (Å²) in [6.07, 6.45) is 0.649. The molecule has 0 amide bonds. The Morgan fingerprint density at radius 2 is 1.92 bits per heavy atom. The van der Waals surface area contributed by atoms with Gasteiger partial charge in [0.1, 0.15) is 17.3 Å². The van der Waals surface area contributed by atoms with Crippen molar-refractivity contribution in [2.24, 2.45) is 0 Å². The van der Waals surface area contributed by atoms with Crippen LogP contribution >= 0.6 is 11.8 Å². The Morgan fingerprint density at radius 1 is 1.08 bits per heavy atom. The second-order valence-electron chi connectivity index (χ2n) is 5.46. The molecule has 0 aliphatic carbocycles. The molecule has 0 radical (unpaired) electrons. The first kappa shape index (κ1) is 15.1. The van der Waals surface area contributed by atoms with Gasteiger partial charge in [-0.05, 0) is 42.3 Å². The van der Waals surface area contributed by atoms with Gasteiger partial charge in [0, 0.05) is 22.3 Å². The monoisotopic (exact) mass is 342 g/mol. The van der Waals surface area contributed by atoms with E-state index in [0.29, 0.717) is 17.7 Å². The van der Waals surface area contributed by atoms with Gasteiger partial charge in [0.05, 0.1) is 5.69 Å². The normalized spacial score (nSPS) is 13.1. The number of nitrogens with zero attached hydrogens (tertiary/aromatic N) is 2. The molecule has 120 valence electrons. The summed E-state index contributed by atoms with van der Waals surface area (Å²) in [5, 5.41) is 4.37. The number of para-hydroxylation sites is 1. The Morgan fingerprint density at radius 3 is 2.75 bits per heavy atom. The van der Waals surface area contributed by atoms with E-state index in [1.54, 1.807) is 30.0 Å². The molecule has 24 heavy (non-hydrogen) atoms. The second-order valence-corrected chi connectivity index (χ2v) is 6.60. The second kappa shape index (κ2) is 5.87. The molecule has 4 rings (SSSR count). The molecule has 0 atom stereocenters. The van der Waals surface area contributed by atoms with Gasteiger partial charge in [0.2, 0.25) is 0 Å². The standard InChI is InChI=1S/C18H12F2N2OS/c19-12-5-6-16-13(10-12)18-11(7-8-24-16)9-17(23)22(21-18)15-4-2-1-3-14(15)20/h1-6,9-10H,7-8H2. The number of aryl methyl sites for hydroxylation is 1. The van der Waals surface area contributed by atoms with Gasteiger partial charge in [-0.1, -0.05) is 12.1 Å². The molecular weight excluding hydrogens is 330 g/mol. The van der Waals surface area contributed by atoms with Gasteiger partial charge in [-0.3, -0.25) is 4.79 Å². The lowest BCUT2D eigenvalue weighted by Gasteiger charge is -2.12. The first-order chi connectivity index (χ1) is 11.6. The number of halogens is 2. The molecule has 3 nitrogen and oxygen atoms in total. The number of thioether (sulfide) groups is 1. The van der Waals surface area contributed by atoms with Crippen molar-refractivity contribution in [1.82, 2.24) is 9.78 Å². The molecule has 1 aliphatic rings. The Hall–Kier alpha value is -2.47. The lowest BCUT2D eigenvalue weighted by atomic mass is 10.0. The van der Waals surface area contributed by atoms with E-state index in [1.807, 2.05) is 0 Å². The zero-order chi connectivity index (χ0) is 16.7. The van der Waals surface area contributed by atoms with Crippen LogP contribution in [0.2, 0.25) is 0 Å². The van der Waals surface area contributed by atoms with Crippen LogP contribution in [0.25, 0.3) is 16.9 Å². The Bertz CT molecular complexity index is 1000. The summed E-state index contributed by atoms with van der Waals surface area (Å²) in [5.41, 5.74) is 1.60. The number of benzene rings is 2. The number of hydrogen-bond donors (Lipinski definition) is 0. The maximum Gasteiger partial charge on any atom is 0.271 e. The molecule has 0 fully saturated rings. The van der Waals surface area contributed by atoms with E-state index in [-0.39, 0.29) is 11.5 Å². The maximum absolute atomic E-state index is 14.1. The van der Waals surface area contributed by atoms with Crippen molar-refractivity contribution in [2.75, 3.05) is 5.75 Å². The van der Waals surface area contributed by atoms with E-state index in [0.717, 1.165) is 20.9 Å². The first-order valence-corrected chi connectivity index (χ1v) is 8.43. The van der Waals surface area contributed by atoms with Crippen molar-refractivity contribution in [3.8, 4) is 16.9 Å². The lowest BCUT2D eigenvalue weighted by molar-refractivity contribution is 0.605. The molecule has 2 aromatic carbocycles. The zero-order valence-corrected chi connectivity index (χ0v) is 13.3. The molecule has 0 spiro atoms. The Labute approximate surface area is 141 Å². The van der Waals surface area contributed by atoms with Crippen LogP contribution in [-0.2, 0) is 6.42 Å². The summed E-state index contributed by atoms with van der Waals surface area (Å²) in [7, 11) is 0. The highest BCUT2D eigenvalue weighted by Gasteiger charge is 2.20. The summed E-state index contributed by atoms with van der Waals surface area (Å²) >= 11 is 1.59. The van der Waals surface area contributed by atoms with Crippen molar-refractivity contribution < 1.29 is 8.78 Å². The van der Waals surface area contributed by atoms with E-state index in [9.17, 15) is 13.6 Å². The summed E-state index contributed by atoms with van der Waals surface area (Å²) in [5.74, 6) is -0.127. The zero-order valence-electron chi connectivity index (χ0n) is 12.5. The van der Waals surface area contributed by atoms with Crippen LogP contribution in [0, 0.1) is 11.6 Å². The van der Waals surface area contributed by atoms with Crippen LogP contribution in [0.5, 0.6) is 0 Å². The minimum Gasteiger partial charge on any atom is -0.267 e. The third-order valence-electron chi connectivity index (χ3n) is 3.92. The van der Waals surface area contributed by atoms with E-state index < -0.39 is 11.4 Å². The van der Waals surface area contributed by atoms with Gasteiger partial charge in [-0.2, -0.15) is 9.78 Å².